The number of nitrogens with two attached hydrogens (primary N) is 1. The summed E-state index contributed by atoms with van der Waals surface area (Å²) in [6.45, 7) is 5.26. The van der Waals surface area contributed by atoms with Crippen LogP contribution in [-0.4, -0.2) is 25.1 Å². The average molecular weight is 266 g/mol. The molecule has 0 unspecified atom stereocenters. The Morgan fingerprint density at radius 2 is 2.00 bits per heavy atom. The minimum Gasteiger partial charge on any atom is -0.494 e. The molecule has 19 heavy (non-hydrogen) atoms. The zero-order chi connectivity index (χ0) is 14.6. The summed E-state index contributed by atoms with van der Waals surface area (Å²) < 4.78 is 10.2. The minimum atomic E-state index is -0.632. The summed E-state index contributed by atoms with van der Waals surface area (Å²) in [5.41, 5.74) is 5.92. The van der Waals surface area contributed by atoms with Crippen LogP contribution in [0.25, 0.3) is 0 Å². The van der Waals surface area contributed by atoms with Gasteiger partial charge in [-0.05, 0) is 26.8 Å². The molecule has 6 heteroatoms. The van der Waals surface area contributed by atoms with Gasteiger partial charge in [-0.3, -0.25) is 10.1 Å². The van der Waals surface area contributed by atoms with Gasteiger partial charge < -0.3 is 15.2 Å². The highest BCUT2D eigenvalue weighted by atomic mass is 16.6. The van der Waals surface area contributed by atoms with Gasteiger partial charge in [0.05, 0.1) is 12.8 Å². The number of ether oxygens (including phenoxy) is 2. The summed E-state index contributed by atoms with van der Waals surface area (Å²) in [5, 5.41) is 2.52. The summed E-state index contributed by atoms with van der Waals surface area (Å²) in [6, 6.07) is 2.90. The lowest BCUT2D eigenvalue weighted by molar-refractivity contribution is 0.0635. The third-order valence-electron chi connectivity index (χ3n) is 2.17. The highest BCUT2D eigenvalue weighted by Crippen LogP contribution is 2.29. The monoisotopic (exact) mass is 266 g/mol. The number of benzene rings is 1. The van der Waals surface area contributed by atoms with Crippen LogP contribution < -0.4 is 15.8 Å². The molecule has 1 aromatic carbocycles. The lowest BCUT2D eigenvalue weighted by Crippen LogP contribution is -2.27. The molecule has 104 valence electrons. The Morgan fingerprint density at radius 1 is 1.37 bits per heavy atom. The molecule has 0 aliphatic carbocycles. The molecule has 1 amide bonds. The molecule has 3 N–H and O–H groups in total. The van der Waals surface area contributed by atoms with E-state index in [0.717, 1.165) is 0 Å². The topological polar surface area (TPSA) is 90.6 Å². The predicted octanol–water partition coefficient (Wildman–Crippen LogP) is 2.44. The SMILES string of the molecule is COc1cc(N)c(C=O)cc1NC(=O)OC(C)(C)C. The Kier molecular flexibility index (Phi) is 4.37. The van der Waals surface area contributed by atoms with Crippen LogP contribution >= 0.6 is 0 Å². The van der Waals surface area contributed by atoms with Crippen molar-refractivity contribution in [2.24, 2.45) is 0 Å². The Labute approximate surface area is 111 Å². The van der Waals surface area contributed by atoms with Crippen LogP contribution in [0.1, 0.15) is 31.1 Å². The van der Waals surface area contributed by atoms with Gasteiger partial charge in [0.1, 0.15) is 11.4 Å². The first-order chi connectivity index (χ1) is 8.76. The van der Waals surface area contributed by atoms with E-state index in [1.54, 1.807) is 20.8 Å². The zero-order valence-electron chi connectivity index (χ0n) is 11.4. The van der Waals surface area contributed by atoms with Crippen molar-refractivity contribution in [1.82, 2.24) is 0 Å². The first-order valence-corrected chi connectivity index (χ1v) is 5.69. The summed E-state index contributed by atoms with van der Waals surface area (Å²) >= 11 is 0. The molecule has 6 nitrogen and oxygen atoms in total. The van der Waals surface area contributed by atoms with Crippen molar-refractivity contribution >= 4 is 23.8 Å². The Hall–Kier alpha value is -2.24. The molecule has 1 rings (SSSR count). The molecule has 0 fully saturated rings. The van der Waals surface area contributed by atoms with Crippen molar-refractivity contribution in [2.75, 3.05) is 18.2 Å². The number of aldehydes is 1. The number of carbonyl (C=O) groups is 2. The maximum Gasteiger partial charge on any atom is 0.412 e. The van der Waals surface area contributed by atoms with Crippen molar-refractivity contribution < 1.29 is 19.1 Å². The van der Waals surface area contributed by atoms with Crippen LogP contribution in [0.2, 0.25) is 0 Å². The van der Waals surface area contributed by atoms with Crippen molar-refractivity contribution in [2.45, 2.75) is 26.4 Å². The van der Waals surface area contributed by atoms with Crippen LogP contribution in [0.3, 0.4) is 0 Å². The number of nitrogen functional groups attached to an aromatic ring is 1. The summed E-state index contributed by atoms with van der Waals surface area (Å²) in [7, 11) is 1.44. The fourth-order valence-corrected chi connectivity index (χ4v) is 1.39. The first kappa shape index (κ1) is 14.8. The van der Waals surface area contributed by atoms with Gasteiger partial charge in [0.25, 0.3) is 0 Å². The van der Waals surface area contributed by atoms with Crippen molar-refractivity contribution in [3.63, 3.8) is 0 Å². The summed E-state index contributed by atoms with van der Waals surface area (Å²) in [6.07, 6.45) is -0.0258. The van der Waals surface area contributed by atoms with Crippen molar-refractivity contribution in [3.05, 3.63) is 17.7 Å². The van der Waals surface area contributed by atoms with Crippen LogP contribution in [0.5, 0.6) is 5.75 Å². The van der Waals surface area contributed by atoms with E-state index in [2.05, 4.69) is 5.32 Å². The second kappa shape index (κ2) is 5.60. The van der Waals surface area contributed by atoms with Gasteiger partial charge in [-0.1, -0.05) is 0 Å². The first-order valence-electron chi connectivity index (χ1n) is 5.69. The standard InChI is InChI=1S/C13H18N2O4/c1-13(2,3)19-12(17)15-10-5-8(7-16)9(14)6-11(10)18-4/h5-7H,14H2,1-4H3,(H,15,17). The van der Waals surface area contributed by atoms with Crippen molar-refractivity contribution in [3.8, 4) is 5.75 Å². The van der Waals surface area contributed by atoms with E-state index in [0.29, 0.717) is 17.7 Å². The highest BCUT2D eigenvalue weighted by Gasteiger charge is 2.18. The molecular weight excluding hydrogens is 248 g/mol. The lowest BCUT2D eigenvalue weighted by atomic mass is 10.1. The van der Waals surface area contributed by atoms with Gasteiger partial charge >= 0.3 is 6.09 Å². The third-order valence-corrected chi connectivity index (χ3v) is 2.17. The van der Waals surface area contributed by atoms with Crippen LogP contribution in [-0.2, 0) is 4.74 Å². The molecule has 0 saturated carbocycles. The molecule has 0 aromatic heterocycles. The molecule has 0 spiro atoms. The van der Waals surface area contributed by atoms with E-state index in [1.165, 1.54) is 19.2 Å². The fourth-order valence-electron chi connectivity index (χ4n) is 1.39. The summed E-state index contributed by atoms with van der Waals surface area (Å²) in [4.78, 5) is 22.5. The molecule has 0 atom stereocenters. The smallest absolute Gasteiger partial charge is 0.412 e. The van der Waals surface area contributed by atoms with E-state index in [9.17, 15) is 9.59 Å². The van der Waals surface area contributed by atoms with E-state index < -0.39 is 11.7 Å². The molecule has 0 bridgehead atoms. The van der Waals surface area contributed by atoms with Gasteiger partial charge in [-0.15, -0.1) is 0 Å². The Bertz CT molecular complexity index is 492. The number of methoxy groups -OCH3 is 1. The lowest BCUT2D eigenvalue weighted by Gasteiger charge is -2.20. The zero-order valence-corrected chi connectivity index (χ0v) is 11.4. The molecule has 0 radical (unpaired) electrons. The number of amides is 1. The Morgan fingerprint density at radius 3 is 2.47 bits per heavy atom. The van der Waals surface area contributed by atoms with E-state index in [-0.39, 0.29) is 11.3 Å². The molecule has 1 aromatic rings. The quantitative estimate of drug-likeness (QED) is 0.647. The third kappa shape index (κ3) is 4.17. The average Bonchev–Trinajstić information content (AvgIpc) is 2.28. The molecule has 0 aliphatic heterocycles. The summed E-state index contributed by atoms with van der Waals surface area (Å²) in [5.74, 6) is 0.356. The van der Waals surface area contributed by atoms with Gasteiger partial charge in [0.15, 0.2) is 6.29 Å². The second-order valence-corrected chi connectivity index (χ2v) is 4.93. The Balaban J connectivity index is 2.99. The van der Waals surface area contributed by atoms with E-state index in [1.807, 2.05) is 0 Å². The van der Waals surface area contributed by atoms with Crippen LogP contribution in [0.15, 0.2) is 12.1 Å². The normalized spacial score (nSPS) is 10.7. The molecule has 0 saturated heterocycles. The van der Waals surface area contributed by atoms with Crippen LogP contribution in [0.4, 0.5) is 16.2 Å². The van der Waals surface area contributed by atoms with E-state index >= 15 is 0 Å². The van der Waals surface area contributed by atoms with Gasteiger partial charge in [-0.2, -0.15) is 0 Å². The largest absolute Gasteiger partial charge is 0.494 e. The van der Waals surface area contributed by atoms with Crippen molar-refractivity contribution in [1.29, 1.82) is 0 Å². The van der Waals surface area contributed by atoms with Crippen LogP contribution in [0, 0.1) is 0 Å². The van der Waals surface area contributed by atoms with E-state index in [4.69, 9.17) is 15.2 Å². The second-order valence-electron chi connectivity index (χ2n) is 4.93. The number of hydrogen-bond donors (Lipinski definition) is 2. The number of carbonyl (C=O) groups excluding carboxylic acids is 2. The molecular formula is C13H18N2O4. The number of rotatable bonds is 3. The van der Waals surface area contributed by atoms with Gasteiger partial charge in [0, 0.05) is 17.3 Å². The number of anilines is 2. The molecule has 0 heterocycles. The fraction of sp³-hybridized carbons (Fsp3) is 0.385. The van der Waals surface area contributed by atoms with Gasteiger partial charge in [0.2, 0.25) is 0 Å². The highest BCUT2D eigenvalue weighted by molar-refractivity contribution is 5.92. The predicted molar refractivity (Wildman–Crippen MR) is 72.7 cm³/mol. The maximum absolute atomic E-state index is 11.7. The number of hydrogen-bond acceptors (Lipinski definition) is 5. The van der Waals surface area contributed by atoms with Gasteiger partial charge in [-0.25, -0.2) is 4.79 Å². The number of nitrogens with one attached hydrogen (secondary N) is 1. The minimum absolute atomic E-state index is 0.270. The molecule has 0 aliphatic rings. The maximum atomic E-state index is 11.7.